The summed E-state index contributed by atoms with van der Waals surface area (Å²) < 4.78 is 22.9. The molecule has 86 valence electrons. The second kappa shape index (κ2) is 4.55. The number of aromatic amines is 1. The Morgan fingerprint density at radius 3 is 2.62 bits per heavy atom. The molecule has 8 heteroatoms. The van der Waals surface area contributed by atoms with Gasteiger partial charge in [0.05, 0.1) is 0 Å². The van der Waals surface area contributed by atoms with Crippen LogP contribution in [0, 0.1) is 12.3 Å². The highest BCUT2D eigenvalue weighted by atomic mass is 35.7. The Balaban J connectivity index is 3.41. The van der Waals surface area contributed by atoms with Crippen LogP contribution in [0.2, 0.25) is 0 Å². The molecule has 0 aliphatic carbocycles. The number of hydrogen-bond acceptors (Lipinski definition) is 4. The molecule has 6 nitrogen and oxygen atoms in total. The van der Waals surface area contributed by atoms with E-state index in [1.165, 1.54) is 0 Å². The minimum absolute atomic E-state index is 0.103. The number of H-pyrrole nitrogens is 1. The molecule has 0 amide bonds. The van der Waals surface area contributed by atoms with Crippen LogP contribution in [0.3, 0.4) is 0 Å². The Bertz CT molecular complexity index is 650. The summed E-state index contributed by atoms with van der Waals surface area (Å²) in [6.07, 6.45) is 6.10. The molecule has 0 saturated heterocycles. The molecule has 16 heavy (non-hydrogen) atoms. The van der Waals surface area contributed by atoms with E-state index in [0.29, 0.717) is 0 Å². The quantitative estimate of drug-likeness (QED) is 0.587. The molecule has 1 heterocycles. The first-order valence-electron chi connectivity index (χ1n) is 4.08. The second-order valence-corrected chi connectivity index (χ2v) is 5.37. The fourth-order valence-corrected chi connectivity index (χ4v) is 1.87. The van der Waals surface area contributed by atoms with Gasteiger partial charge in [-0.25, -0.2) is 13.2 Å². The van der Waals surface area contributed by atoms with Crippen LogP contribution < -0.4 is 11.2 Å². The number of terminal acetylenes is 1. The zero-order valence-corrected chi connectivity index (χ0v) is 9.51. The largest absolute Gasteiger partial charge is 0.328 e. The lowest BCUT2D eigenvalue weighted by molar-refractivity contribution is 0.599. The second-order valence-electron chi connectivity index (χ2n) is 2.84. The summed E-state index contributed by atoms with van der Waals surface area (Å²) in [5.41, 5.74) is -1.78. The molecule has 1 aromatic rings. The molecule has 1 N–H and O–H groups in total. The van der Waals surface area contributed by atoms with Crippen LogP contribution in [-0.4, -0.2) is 18.0 Å². The summed E-state index contributed by atoms with van der Waals surface area (Å²) in [6.45, 7) is 0.103. The molecule has 0 aliphatic rings. The van der Waals surface area contributed by atoms with Crippen LogP contribution in [0.4, 0.5) is 0 Å². The number of nitrogens with one attached hydrogen (secondary N) is 1. The van der Waals surface area contributed by atoms with E-state index < -0.39 is 25.2 Å². The van der Waals surface area contributed by atoms with Gasteiger partial charge in [-0.2, -0.15) is 0 Å². The number of hydrogen-bond donors (Lipinski definition) is 1. The van der Waals surface area contributed by atoms with Crippen LogP contribution in [0.1, 0.15) is 6.42 Å². The summed E-state index contributed by atoms with van der Waals surface area (Å²) in [7, 11) is 0.838. The maximum absolute atomic E-state index is 11.2. The normalized spacial score (nSPS) is 11.0. The molecule has 0 bridgehead atoms. The van der Waals surface area contributed by atoms with E-state index >= 15 is 0 Å². The molecule has 0 radical (unpaired) electrons. The molecular formula is C8H7ClN2O4S. The van der Waals surface area contributed by atoms with Gasteiger partial charge in [0.25, 0.3) is 14.6 Å². The summed E-state index contributed by atoms with van der Waals surface area (Å²) in [5.74, 6) is 2.28. The van der Waals surface area contributed by atoms with Gasteiger partial charge in [-0.3, -0.25) is 14.3 Å². The van der Waals surface area contributed by atoms with Crippen molar-refractivity contribution in [3.8, 4) is 12.3 Å². The number of aromatic nitrogens is 2. The first-order valence-corrected chi connectivity index (χ1v) is 6.39. The van der Waals surface area contributed by atoms with Crippen molar-refractivity contribution in [2.24, 2.45) is 0 Å². The summed E-state index contributed by atoms with van der Waals surface area (Å²) in [6, 6.07) is 0. The van der Waals surface area contributed by atoms with Gasteiger partial charge in [-0.15, -0.1) is 12.3 Å². The van der Waals surface area contributed by atoms with Crippen molar-refractivity contribution < 1.29 is 8.42 Å². The lowest BCUT2D eigenvalue weighted by atomic mass is 10.4. The third kappa shape index (κ3) is 2.74. The van der Waals surface area contributed by atoms with Crippen molar-refractivity contribution in [2.45, 2.75) is 17.9 Å². The molecule has 0 saturated carbocycles. The maximum atomic E-state index is 11.2. The molecule has 0 aromatic carbocycles. The van der Waals surface area contributed by atoms with Crippen molar-refractivity contribution in [3.63, 3.8) is 0 Å². The topological polar surface area (TPSA) is 89.0 Å². The van der Waals surface area contributed by atoms with Crippen molar-refractivity contribution >= 4 is 19.7 Å². The van der Waals surface area contributed by atoms with Crippen LogP contribution in [0.15, 0.2) is 20.7 Å². The van der Waals surface area contributed by atoms with E-state index in [-0.39, 0.29) is 13.0 Å². The predicted molar refractivity (Wildman–Crippen MR) is 57.8 cm³/mol. The first-order chi connectivity index (χ1) is 7.36. The van der Waals surface area contributed by atoms with E-state index in [0.717, 1.165) is 10.8 Å². The lowest BCUT2D eigenvalue weighted by Gasteiger charge is -2.03. The van der Waals surface area contributed by atoms with Crippen LogP contribution in [0.25, 0.3) is 0 Å². The molecule has 0 spiro atoms. The summed E-state index contributed by atoms with van der Waals surface area (Å²) >= 11 is 0. The number of nitrogens with zero attached hydrogens (tertiary/aromatic N) is 1. The van der Waals surface area contributed by atoms with Crippen LogP contribution in [-0.2, 0) is 15.6 Å². The smallest absolute Gasteiger partial charge is 0.298 e. The maximum Gasteiger partial charge on any atom is 0.328 e. The zero-order chi connectivity index (χ0) is 12.3. The van der Waals surface area contributed by atoms with E-state index in [2.05, 4.69) is 5.92 Å². The predicted octanol–water partition coefficient (Wildman–Crippen LogP) is -0.513. The highest BCUT2D eigenvalue weighted by Gasteiger charge is 2.16. The summed E-state index contributed by atoms with van der Waals surface area (Å²) in [5, 5.41) is 0. The van der Waals surface area contributed by atoms with Crippen LogP contribution >= 0.6 is 10.7 Å². The third-order valence-corrected chi connectivity index (χ3v) is 3.05. The monoisotopic (exact) mass is 262 g/mol. The van der Waals surface area contributed by atoms with Gasteiger partial charge in [0.2, 0.25) is 0 Å². The Hall–Kier alpha value is -1.52. The average molecular weight is 263 g/mol. The van der Waals surface area contributed by atoms with E-state index in [1.807, 2.05) is 4.98 Å². The standard InChI is InChI=1S/C8H7ClN2O4S/c1-2-3-4-11-5-6(16(9,14)15)7(12)10-8(11)13/h1,5H,3-4H2,(H,10,12,13). The molecule has 0 fully saturated rings. The Labute approximate surface area is 95.3 Å². The molecule has 0 unspecified atom stereocenters. The van der Waals surface area contributed by atoms with Gasteiger partial charge >= 0.3 is 5.69 Å². The van der Waals surface area contributed by atoms with Gasteiger partial charge in [0.15, 0.2) is 4.90 Å². The fourth-order valence-electron chi connectivity index (χ4n) is 1.01. The molecule has 0 aliphatic heterocycles. The lowest BCUT2D eigenvalue weighted by Crippen LogP contribution is -2.32. The van der Waals surface area contributed by atoms with Gasteiger partial charge in [0, 0.05) is 29.8 Å². The Kier molecular flexibility index (Phi) is 3.57. The first kappa shape index (κ1) is 12.5. The number of halogens is 1. The molecular weight excluding hydrogens is 256 g/mol. The van der Waals surface area contributed by atoms with Crippen molar-refractivity contribution in [3.05, 3.63) is 27.0 Å². The van der Waals surface area contributed by atoms with Crippen molar-refractivity contribution in [1.82, 2.24) is 9.55 Å². The van der Waals surface area contributed by atoms with Crippen LogP contribution in [0.5, 0.6) is 0 Å². The highest BCUT2D eigenvalue weighted by molar-refractivity contribution is 8.13. The summed E-state index contributed by atoms with van der Waals surface area (Å²) in [4.78, 5) is 23.5. The SMILES string of the molecule is C#CCCn1cc(S(=O)(=O)Cl)c(=O)[nH]c1=O. The van der Waals surface area contributed by atoms with Gasteiger partial charge in [0.1, 0.15) is 0 Å². The number of aryl methyl sites for hydroxylation is 1. The molecule has 0 atom stereocenters. The Morgan fingerprint density at radius 2 is 2.12 bits per heavy atom. The van der Waals surface area contributed by atoms with E-state index in [4.69, 9.17) is 17.1 Å². The third-order valence-electron chi connectivity index (χ3n) is 1.74. The van der Waals surface area contributed by atoms with Gasteiger partial charge < -0.3 is 0 Å². The minimum atomic E-state index is -4.18. The fraction of sp³-hybridized carbons (Fsp3) is 0.250. The van der Waals surface area contributed by atoms with Crippen molar-refractivity contribution in [1.29, 1.82) is 0 Å². The zero-order valence-electron chi connectivity index (χ0n) is 7.94. The average Bonchev–Trinajstić information content (AvgIpc) is 2.14. The van der Waals surface area contributed by atoms with Gasteiger partial charge in [-0.1, -0.05) is 0 Å². The van der Waals surface area contributed by atoms with E-state index in [9.17, 15) is 18.0 Å². The van der Waals surface area contributed by atoms with Crippen molar-refractivity contribution in [2.75, 3.05) is 0 Å². The highest BCUT2D eigenvalue weighted by Crippen LogP contribution is 2.07. The molecule has 1 rings (SSSR count). The minimum Gasteiger partial charge on any atom is -0.298 e. The van der Waals surface area contributed by atoms with Gasteiger partial charge in [-0.05, 0) is 0 Å². The Morgan fingerprint density at radius 1 is 1.50 bits per heavy atom. The number of rotatable bonds is 3. The molecule has 1 aromatic heterocycles. The van der Waals surface area contributed by atoms with E-state index in [1.54, 1.807) is 0 Å².